The molecule has 1 aromatic rings. The van der Waals surface area contributed by atoms with E-state index in [1.807, 2.05) is 24.3 Å². The summed E-state index contributed by atoms with van der Waals surface area (Å²) in [6, 6.07) is 7.75. The number of nitrogens with two attached hydrogens (primary N) is 1. The standard InChI is InChI=1S/C10H6N2O.H3N/c11-10(13)8-7-5-3-1-2-4-6(5)12-9(7)8;/h1-4H,(H2,11,13);1H3. The number of benzene rings is 1. The lowest BCUT2D eigenvalue weighted by Gasteiger charge is -1.86. The maximum absolute atomic E-state index is 10.9. The summed E-state index contributed by atoms with van der Waals surface area (Å²) in [6.45, 7) is 0. The van der Waals surface area contributed by atoms with Gasteiger partial charge in [-0.3, -0.25) is 4.79 Å². The number of carbonyl (C=O) groups is 1. The highest BCUT2D eigenvalue weighted by atomic mass is 16.1. The van der Waals surface area contributed by atoms with Crippen LogP contribution in [0.3, 0.4) is 0 Å². The molecule has 1 amide bonds. The third kappa shape index (κ3) is 0.856. The first-order chi connectivity index (χ1) is 6.29. The third-order valence-corrected chi connectivity index (χ3v) is 2.31. The number of hydrogen-bond acceptors (Lipinski definition) is 3. The van der Waals surface area contributed by atoms with Gasteiger partial charge in [0.25, 0.3) is 5.91 Å². The van der Waals surface area contributed by atoms with Crippen LogP contribution in [-0.2, 0) is 0 Å². The number of aromatic nitrogens is 1. The molecule has 0 saturated carbocycles. The van der Waals surface area contributed by atoms with E-state index in [0.29, 0.717) is 5.56 Å². The van der Waals surface area contributed by atoms with Crippen LogP contribution in [0.25, 0.3) is 22.2 Å². The summed E-state index contributed by atoms with van der Waals surface area (Å²) in [5, 5.41) is 1.03. The molecule has 1 aliphatic carbocycles. The molecule has 0 fully saturated rings. The van der Waals surface area contributed by atoms with E-state index in [1.54, 1.807) is 0 Å². The molecule has 0 spiro atoms. The van der Waals surface area contributed by atoms with Crippen LogP contribution in [0.15, 0.2) is 24.3 Å². The Morgan fingerprint density at radius 1 is 1.29 bits per heavy atom. The molecule has 5 N–H and O–H groups in total. The van der Waals surface area contributed by atoms with E-state index in [9.17, 15) is 4.79 Å². The second-order valence-corrected chi connectivity index (χ2v) is 3.09. The van der Waals surface area contributed by atoms with Crippen LogP contribution in [0.4, 0.5) is 0 Å². The molecule has 0 saturated heterocycles. The highest BCUT2D eigenvalue weighted by Gasteiger charge is 2.33. The maximum Gasteiger partial charge on any atom is 0.251 e. The van der Waals surface area contributed by atoms with Crippen molar-refractivity contribution in [3.05, 3.63) is 29.8 Å². The zero-order chi connectivity index (χ0) is 9.00. The van der Waals surface area contributed by atoms with Crippen molar-refractivity contribution in [1.29, 1.82) is 0 Å². The minimum Gasteiger partial charge on any atom is -0.366 e. The SMILES string of the molecule is N.NC(=O)c1c2nc3ccccc3c1-2. The van der Waals surface area contributed by atoms with Crippen molar-refractivity contribution >= 4 is 16.8 Å². The van der Waals surface area contributed by atoms with Gasteiger partial charge in [0.05, 0.1) is 16.8 Å². The summed E-state index contributed by atoms with van der Waals surface area (Å²) in [4.78, 5) is 15.1. The Hall–Kier alpha value is -1.94. The van der Waals surface area contributed by atoms with Gasteiger partial charge in [-0.1, -0.05) is 18.2 Å². The molecule has 0 radical (unpaired) electrons. The number of hydrogen-bond donors (Lipinski definition) is 2. The van der Waals surface area contributed by atoms with E-state index in [0.717, 1.165) is 22.2 Å². The number of rotatable bonds is 1. The first-order valence-corrected chi connectivity index (χ1v) is 4.02. The van der Waals surface area contributed by atoms with E-state index in [4.69, 9.17) is 5.73 Å². The fourth-order valence-electron chi connectivity index (χ4n) is 1.69. The highest BCUT2D eigenvalue weighted by Crippen LogP contribution is 2.46. The summed E-state index contributed by atoms with van der Waals surface area (Å²) < 4.78 is 0. The van der Waals surface area contributed by atoms with Crippen molar-refractivity contribution in [2.45, 2.75) is 0 Å². The Morgan fingerprint density at radius 2 is 2.00 bits per heavy atom. The molecule has 2 aliphatic rings. The first kappa shape index (κ1) is 8.65. The molecule has 0 aromatic heterocycles. The molecule has 4 heteroatoms. The van der Waals surface area contributed by atoms with E-state index in [2.05, 4.69) is 4.98 Å². The lowest BCUT2D eigenvalue weighted by Crippen LogP contribution is -2.06. The lowest BCUT2D eigenvalue weighted by atomic mass is 10.2. The van der Waals surface area contributed by atoms with Crippen molar-refractivity contribution in [2.75, 3.05) is 0 Å². The summed E-state index contributed by atoms with van der Waals surface area (Å²) in [7, 11) is 0. The Morgan fingerprint density at radius 3 is 2.71 bits per heavy atom. The van der Waals surface area contributed by atoms with Crippen LogP contribution in [0.1, 0.15) is 10.4 Å². The largest absolute Gasteiger partial charge is 0.366 e. The molecular weight excluding hydrogens is 178 g/mol. The molecule has 70 valence electrons. The number of nitrogens with zero attached hydrogens (tertiary/aromatic N) is 1. The van der Waals surface area contributed by atoms with Gasteiger partial charge in [-0.05, 0) is 6.07 Å². The molecule has 14 heavy (non-hydrogen) atoms. The zero-order valence-electron chi connectivity index (χ0n) is 7.45. The van der Waals surface area contributed by atoms with Gasteiger partial charge in [-0.25, -0.2) is 4.98 Å². The second-order valence-electron chi connectivity index (χ2n) is 3.09. The van der Waals surface area contributed by atoms with Crippen LogP contribution < -0.4 is 11.9 Å². The maximum atomic E-state index is 10.9. The zero-order valence-corrected chi connectivity index (χ0v) is 7.45. The number of carbonyl (C=O) groups excluding carboxylic acids is 1. The first-order valence-electron chi connectivity index (χ1n) is 4.02. The normalized spacial score (nSPS) is 10.9. The average molecular weight is 187 g/mol. The number of primary amides is 1. The van der Waals surface area contributed by atoms with Gasteiger partial charge in [0.2, 0.25) is 0 Å². The Labute approximate surface area is 80.3 Å². The van der Waals surface area contributed by atoms with Gasteiger partial charge in [0, 0.05) is 10.9 Å². The average Bonchev–Trinajstić information content (AvgIpc) is 2.71. The smallest absolute Gasteiger partial charge is 0.251 e. The number of fused-ring (bicyclic) bond motifs is 3. The minimum absolute atomic E-state index is 0. The fourth-order valence-corrected chi connectivity index (χ4v) is 1.69. The molecule has 1 aliphatic heterocycles. The molecule has 4 nitrogen and oxygen atoms in total. The van der Waals surface area contributed by atoms with Gasteiger partial charge in [0.15, 0.2) is 0 Å². The van der Waals surface area contributed by atoms with Crippen LogP contribution in [0, 0.1) is 0 Å². The number of amides is 1. The quantitative estimate of drug-likeness (QED) is 0.604. The number of pyridine rings is 1. The third-order valence-electron chi connectivity index (χ3n) is 2.31. The lowest BCUT2D eigenvalue weighted by molar-refractivity contribution is 0.100. The van der Waals surface area contributed by atoms with E-state index >= 15 is 0 Å². The van der Waals surface area contributed by atoms with E-state index in [-0.39, 0.29) is 12.1 Å². The molecule has 0 unspecified atom stereocenters. The van der Waals surface area contributed by atoms with Crippen LogP contribution in [0.5, 0.6) is 0 Å². The predicted molar refractivity (Wildman–Crippen MR) is 54.3 cm³/mol. The van der Waals surface area contributed by atoms with Crippen molar-refractivity contribution in [3.63, 3.8) is 0 Å². The molecule has 1 aromatic carbocycles. The fraction of sp³-hybridized carbons (Fsp3) is 0. The van der Waals surface area contributed by atoms with Gasteiger partial charge in [-0.2, -0.15) is 0 Å². The van der Waals surface area contributed by atoms with Crippen LogP contribution in [0.2, 0.25) is 0 Å². The Bertz CT molecular complexity index is 548. The van der Waals surface area contributed by atoms with E-state index < -0.39 is 0 Å². The molecule has 1 heterocycles. The Kier molecular flexibility index (Phi) is 1.56. The second kappa shape index (κ2) is 2.52. The van der Waals surface area contributed by atoms with E-state index in [1.165, 1.54) is 0 Å². The summed E-state index contributed by atoms with van der Waals surface area (Å²) in [6.07, 6.45) is 0. The molecule has 0 atom stereocenters. The summed E-state index contributed by atoms with van der Waals surface area (Å²) in [5.74, 6) is -0.372. The summed E-state index contributed by atoms with van der Waals surface area (Å²) >= 11 is 0. The van der Waals surface area contributed by atoms with Crippen molar-refractivity contribution in [3.8, 4) is 11.3 Å². The van der Waals surface area contributed by atoms with Gasteiger partial charge in [-0.15, -0.1) is 0 Å². The summed E-state index contributed by atoms with van der Waals surface area (Å²) in [5.41, 5.74) is 8.45. The number of para-hydroxylation sites is 1. The van der Waals surface area contributed by atoms with Crippen LogP contribution in [-0.4, -0.2) is 10.9 Å². The molecule has 3 rings (SSSR count). The topological polar surface area (TPSA) is 91.0 Å². The monoisotopic (exact) mass is 187 g/mol. The minimum atomic E-state index is -0.372. The predicted octanol–water partition coefficient (Wildman–Crippen LogP) is 1.48. The van der Waals surface area contributed by atoms with Crippen molar-refractivity contribution < 1.29 is 4.79 Å². The van der Waals surface area contributed by atoms with Crippen molar-refractivity contribution in [2.24, 2.45) is 5.73 Å². The molecule has 0 bridgehead atoms. The van der Waals surface area contributed by atoms with Gasteiger partial charge < -0.3 is 11.9 Å². The molecular formula is C10H9N3O. The van der Waals surface area contributed by atoms with Crippen LogP contribution >= 0.6 is 0 Å². The van der Waals surface area contributed by atoms with Crippen molar-refractivity contribution in [1.82, 2.24) is 11.1 Å². The van der Waals surface area contributed by atoms with Gasteiger partial charge >= 0.3 is 0 Å². The Balaban J connectivity index is 0.000000750. The highest BCUT2D eigenvalue weighted by molar-refractivity contribution is 6.22. The van der Waals surface area contributed by atoms with Gasteiger partial charge in [0.1, 0.15) is 0 Å².